The van der Waals surface area contributed by atoms with E-state index in [2.05, 4.69) is 22.3 Å². The molecule has 0 aromatic heterocycles. The van der Waals surface area contributed by atoms with Crippen molar-refractivity contribution >= 4 is 11.9 Å². The number of aryl methyl sites for hydroxylation is 1. The van der Waals surface area contributed by atoms with Crippen LogP contribution < -0.4 is 14.8 Å². The second-order valence-corrected chi connectivity index (χ2v) is 10.5. The first-order valence-corrected chi connectivity index (χ1v) is 12.6. The Kier molecular flexibility index (Phi) is 7.85. The van der Waals surface area contributed by atoms with Crippen molar-refractivity contribution in [3.8, 4) is 11.5 Å². The summed E-state index contributed by atoms with van der Waals surface area (Å²) in [6, 6.07) is 15.6. The molecule has 36 heavy (non-hydrogen) atoms. The molecule has 0 aliphatic carbocycles. The Morgan fingerprint density at radius 2 is 1.56 bits per heavy atom. The van der Waals surface area contributed by atoms with Crippen LogP contribution in [0, 0.1) is 6.92 Å². The fraction of sp³-hybridized carbons (Fsp3) is 0.500. The number of urea groups is 1. The van der Waals surface area contributed by atoms with Gasteiger partial charge >= 0.3 is 6.03 Å². The molecule has 0 unspecified atom stereocenters. The summed E-state index contributed by atoms with van der Waals surface area (Å²) in [6.07, 6.45) is 1.92. The Bertz CT molecular complexity index is 1040. The average molecular weight is 496 g/mol. The van der Waals surface area contributed by atoms with Gasteiger partial charge in [-0.2, -0.15) is 0 Å². The van der Waals surface area contributed by atoms with Gasteiger partial charge in [-0.15, -0.1) is 0 Å². The van der Waals surface area contributed by atoms with Crippen molar-refractivity contribution in [3.63, 3.8) is 0 Å². The minimum atomic E-state index is -0.837. The minimum absolute atomic E-state index is 0.202. The number of hydrogen-bond acceptors (Lipinski definition) is 6. The van der Waals surface area contributed by atoms with Gasteiger partial charge in [0.2, 0.25) is 0 Å². The van der Waals surface area contributed by atoms with Gasteiger partial charge in [0.25, 0.3) is 5.91 Å². The van der Waals surface area contributed by atoms with E-state index in [1.807, 2.05) is 43.3 Å². The number of benzene rings is 2. The van der Waals surface area contributed by atoms with Gasteiger partial charge in [0.1, 0.15) is 29.2 Å². The van der Waals surface area contributed by atoms with E-state index in [4.69, 9.17) is 9.47 Å². The van der Waals surface area contributed by atoms with E-state index in [9.17, 15) is 14.7 Å². The molecule has 2 aliphatic heterocycles. The third-order valence-electron chi connectivity index (χ3n) is 6.88. The van der Waals surface area contributed by atoms with Crippen LogP contribution in [0.2, 0.25) is 0 Å². The van der Waals surface area contributed by atoms with Gasteiger partial charge in [-0.25, -0.2) is 4.79 Å². The van der Waals surface area contributed by atoms with Crippen molar-refractivity contribution in [1.82, 2.24) is 15.1 Å². The Labute approximate surface area is 213 Å². The molecule has 8 nitrogen and oxygen atoms in total. The highest BCUT2D eigenvalue weighted by molar-refractivity contribution is 6.06. The zero-order valence-corrected chi connectivity index (χ0v) is 21.5. The summed E-state index contributed by atoms with van der Waals surface area (Å²) in [5.74, 6) is 1.35. The molecule has 194 valence electrons. The zero-order valence-electron chi connectivity index (χ0n) is 21.5. The number of ether oxygens (including phenoxy) is 2. The van der Waals surface area contributed by atoms with E-state index < -0.39 is 11.1 Å². The van der Waals surface area contributed by atoms with Gasteiger partial charge in [0, 0.05) is 26.2 Å². The summed E-state index contributed by atoms with van der Waals surface area (Å²) >= 11 is 0. The van der Waals surface area contributed by atoms with Crippen molar-refractivity contribution in [2.24, 2.45) is 0 Å². The second-order valence-electron chi connectivity index (χ2n) is 10.5. The van der Waals surface area contributed by atoms with Gasteiger partial charge < -0.3 is 19.9 Å². The maximum Gasteiger partial charge on any atom is 0.325 e. The summed E-state index contributed by atoms with van der Waals surface area (Å²) in [5, 5.41) is 13.6. The summed E-state index contributed by atoms with van der Waals surface area (Å²) < 4.78 is 11.6. The molecular formula is C28H37N3O5. The number of nitrogens with zero attached hydrogens (tertiary/aromatic N) is 2. The lowest BCUT2D eigenvalue weighted by Crippen LogP contribution is -2.47. The van der Waals surface area contributed by atoms with Crippen molar-refractivity contribution in [1.29, 1.82) is 0 Å². The third kappa shape index (κ3) is 6.56. The van der Waals surface area contributed by atoms with E-state index in [0.29, 0.717) is 39.0 Å². The molecular weight excluding hydrogens is 458 g/mol. The monoisotopic (exact) mass is 495 g/mol. The fourth-order valence-corrected chi connectivity index (χ4v) is 4.51. The van der Waals surface area contributed by atoms with Crippen molar-refractivity contribution in [2.45, 2.75) is 57.7 Å². The number of likely N-dealkylation sites (tertiary alicyclic amines) is 1. The zero-order chi connectivity index (χ0) is 25.8. The van der Waals surface area contributed by atoms with Crippen LogP contribution in [0.25, 0.3) is 0 Å². The topological polar surface area (TPSA) is 91.3 Å². The average Bonchev–Trinajstić information content (AvgIpc) is 3.05. The number of carbonyl (C=O) groups is 2. The number of aliphatic hydroxyl groups is 1. The summed E-state index contributed by atoms with van der Waals surface area (Å²) in [7, 11) is 0. The van der Waals surface area contributed by atoms with Gasteiger partial charge in [-0.1, -0.05) is 29.8 Å². The number of hydrogen-bond donors (Lipinski definition) is 2. The van der Waals surface area contributed by atoms with Crippen LogP contribution >= 0.6 is 0 Å². The lowest BCUT2D eigenvalue weighted by atomic mass is 9.92. The Hall–Kier alpha value is -3.10. The van der Waals surface area contributed by atoms with E-state index in [0.717, 1.165) is 31.1 Å². The maximum atomic E-state index is 12.2. The van der Waals surface area contributed by atoms with E-state index in [-0.39, 0.29) is 11.9 Å². The first kappa shape index (κ1) is 26.0. The summed E-state index contributed by atoms with van der Waals surface area (Å²) in [6.45, 7) is 8.96. The first-order valence-electron chi connectivity index (χ1n) is 12.6. The SMILES string of the molecule is Cc1ccc(OCC2(O)CCN(Cc3ccc(OCCCN4C(=O)NC(C)(C)C4=O)cc3)CC2)cc1. The van der Waals surface area contributed by atoms with Gasteiger partial charge in [-0.05, 0) is 69.9 Å². The number of nitrogens with one attached hydrogen (secondary N) is 1. The highest BCUT2D eigenvalue weighted by Crippen LogP contribution is 2.25. The number of piperidine rings is 1. The van der Waals surface area contributed by atoms with Crippen molar-refractivity contribution < 1.29 is 24.2 Å². The Balaban J connectivity index is 1.15. The smallest absolute Gasteiger partial charge is 0.325 e. The molecule has 0 radical (unpaired) electrons. The maximum absolute atomic E-state index is 12.2. The molecule has 2 aliphatic rings. The van der Waals surface area contributed by atoms with E-state index in [1.165, 1.54) is 16.0 Å². The van der Waals surface area contributed by atoms with Gasteiger partial charge in [0.05, 0.1) is 6.61 Å². The quantitative estimate of drug-likeness (QED) is 0.387. The van der Waals surface area contributed by atoms with E-state index >= 15 is 0 Å². The largest absolute Gasteiger partial charge is 0.494 e. The lowest BCUT2D eigenvalue weighted by Gasteiger charge is -2.38. The molecule has 0 bridgehead atoms. The van der Waals surface area contributed by atoms with Crippen LogP contribution in [-0.2, 0) is 11.3 Å². The van der Waals surface area contributed by atoms with Crippen LogP contribution in [0.3, 0.4) is 0 Å². The lowest BCUT2D eigenvalue weighted by molar-refractivity contribution is -0.130. The molecule has 0 atom stereocenters. The molecule has 2 heterocycles. The van der Waals surface area contributed by atoms with Crippen molar-refractivity contribution in [2.75, 3.05) is 32.8 Å². The Morgan fingerprint density at radius 1 is 0.944 bits per heavy atom. The summed E-state index contributed by atoms with van der Waals surface area (Å²) in [4.78, 5) is 27.7. The predicted octanol–water partition coefficient (Wildman–Crippen LogP) is 3.50. The Morgan fingerprint density at radius 3 is 2.17 bits per heavy atom. The third-order valence-corrected chi connectivity index (χ3v) is 6.88. The van der Waals surface area contributed by atoms with Gasteiger partial charge in [0.15, 0.2) is 0 Å². The van der Waals surface area contributed by atoms with Crippen molar-refractivity contribution in [3.05, 3.63) is 59.7 Å². The van der Waals surface area contributed by atoms with Gasteiger partial charge in [-0.3, -0.25) is 14.6 Å². The molecule has 2 aromatic rings. The molecule has 2 aromatic carbocycles. The van der Waals surface area contributed by atoms with E-state index in [1.54, 1.807) is 13.8 Å². The van der Waals surface area contributed by atoms with Crippen LogP contribution in [0.5, 0.6) is 11.5 Å². The minimum Gasteiger partial charge on any atom is -0.494 e. The normalized spacial score (nSPS) is 19.3. The van der Waals surface area contributed by atoms with Crippen LogP contribution in [0.4, 0.5) is 4.79 Å². The number of imide groups is 1. The highest BCUT2D eigenvalue weighted by atomic mass is 16.5. The van der Waals surface area contributed by atoms with Crippen LogP contribution in [-0.4, -0.2) is 70.8 Å². The van der Waals surface area contributed by atoms with Crippen LogP contribution in [0.15, 0.2) is 48.5 Å². The predicted molar refractivity (Wildman–Crippen MR) is 137 cm³/mol. The highest BCUT2D eigenvalue weighted by Gasteiger charge is 2.43. The molecule has 8 heteroatoms. The number of carbonyl (C=O) groups excluding carboxylic acids is 2. The molecule has 2 fully saturated rings. The fourth-order valence-electron chi connectivity index (χ4n) is 4.51. The second kappa shape index (κ2) is 10.9. The first-order chi connectivity index (χ1) is 17.1. The number of rotatable bonds is 10. The standard InChI is InChI=1S/C28H37N3O5/c1-21-5-9-24(10-6-21)36-20-28(34)13-16-30(17-14-28)19-22-7-11-23(12-8-22)35-18-4-15-31-25(32)27(2,3)29-26(31)33/h5-12,34H,4,13-20H2,1-3H3,(H,29,33). The molecule has 2 N–H and O–H groups in total. The molecule has 4 rings (SSSR count). The summed E-state index contributed by atoms with van der Waals surface area (Å²) in [5.41, 5.74) is 0.736. The molecule has 0 saturated carbocycles. The van der Waals surface area contributed by atoms with Crippen LogP contribution in [0.1, 0.15) is 44.2 Å². The molecule has 3 amide bonds. The number of amides is 3. The molecule has 2 saturated heterocycles. The molecule has 0 spiro atoms.